The van der Waals surface area contributed by atoms with E-state index in [9.17, 15) is 4.79 Å². The molecule has 0 radical (unpaired) electrons. The van der Waals surface area contributed by atoms with Crippen molar-refractivity contribution in [3.8, 4) is 11.5 Å². The second kappa shape index (κ2) is 8.40. The van der Waals surface area contributed by atoms with Crippen LogP contribution in [-0.4, -0.2) is 46.7 Å². The van der Waals surface area contributed by atoms with Crippen molar-refractivity contribution in [3.63, 3.8) is 0 Å². The molecule has 106 valence electrons. The van der Waals surface area contributed by atoms with Gasteiger partial charge < -0.3 is 14.6 Å². The van der Waals surface area contributed by atoms with Gasteiger partial charge in [0.1, 0.15) is 11.5 Å². The minimum absolute atomic E-state index is 0.0445. The number of rotatable bonds is 8. The summed E-state index contributed by atoms with van der Waals surface area (Å²) in [6, 6.07) is 5.76. The van der Waals surface area contributed by atoms with Crippen molar-refractivity contribution in [2.24, 2.45) is 0 Å². The molecule has 0 spiro atoms. The van der Waals surface area contributed by atoms with Gasteiger partial charge in [0.2, 0.25) is 0 Å². The van der Waals surface area contributed by atoms with Crippen LogP contribution in [0.25, 0.3) is 0 Å². The third kappa shape index (κ3) is 7.34. The molecular formula is C11H15NO7. The van der Waals surface area contributed by atoms with E-state index in [0.717, 1.165) is 0 Å². The number of carbonyl (C=O) groups excluding carboxylic acids is 1. The first-order valence-electron chi connectivity index (χ1n) is 5.46. The summed E-state index contributed by atoms with van der Waals surface area (Å²) in [7, 11) is 0. The first kappa shape index (κ1) is 15.3. The van der Waals surface area contributed by atoms with Crippen molar-refractivity contribution >= 4 is 5.97 Å². The molecule has 0 aromatic heterocycles. The van der Waals surface area contributed by atoms with Crippen LogP contribution in [-0.2, 0) is 14.4 Å². The highest BCUT2D eigenvalue weighted by atomic mass is 17.1. The van der Waals surface area contributed by atoms with Gasteiger partial charge in [0, 0.05) is 0 Å². The van der Waals surface area contributed by atoms with Crippen LogP contribution in [0.5, 0.6) is 11.5 Å². The minimum Gasteiger partial charge on any atom is -0.508 e. The fraction of sp³-hybridized carbons (Fsp3) is 0.364. The molecule has 19 heavy (non-hydrogen) atoms. The smallest absolute Gasteiger partial charge is 0.313 e. The molecule has 8 heteroatoms. The number of hydrogen-bond donors (Lipinski definition) is 3. The number of hydrogen-bond acceptors (Lipinski definition) is 8. The fourth-order valence-electron chi connectivity index (χ4n) is 1.13. The van der Waals surface area contributed by atoms with Crippen molar-refractivity contribution in [2.75, 3.05) is 19.8 Å². The van der Waals surface area contributed by atoms with Crippen LogP contribution in [0.2, 0.25) is 0 Å². The van der Waals surface area contributed by atoms with Gasteiger partial charge in [-0.1, -0.05) is 0 Å². The quantitative estimate of drug-likeness (QED) is 0.275. The zero-order valence-corrected chi connectivity index (χ0v) is 10.1. The summed E-state index contributed by atoms with van der Waals surface area (Å²) in [5, 5.41) is 25.0. The van der Waals surface area contributed by atoms with Crippen molar-refractivity contribution in [1.29, 1.82) is 0 Å². The summed E-state index contributed by atoms with van der Waals surface area (Å²) >= 11 is 0. The summed E-state index contributed by atoms with van der Waals surface area (Å²) in [5.74, 6) is -0.0511. The lowest BCUT2D eigenvalue weighted by Gasteiger charge is -2.07. The Bertz CT molecular complexity index is 379. The molecule has 0 saturated heterocycles. The molecule has 0 amide bonds. The van der Waals surface area contributed by atoms with E-state index in [1.54, 1.807) is 0 Å². The van der Waals surface area contributed by atoms with Gasteiger partial charge in [-0.2, -0.15) is 0 Å². The molecule has 0 bridgehead atoms. The van der Waals surface area contributed by atoms with E-state index in [2.05, 4.69) is 4.84 Å². The van der Waals surface area contributed by atoms with Gasteiger partial charge in [-0.15, -0.1) is 0 Å². The molecule has 0 aliphatic carbocycles. The Labute approximate surface area is 109 Å². The van der Waals surface area contributed by atoms with Gasteiger partial charge in [-0.25, -0.2) is 4.84 Å². The maximum atomic E-state index is 11.4. The van der Waals surface area contributed by atoms with E-state index in [1.165, 1.54) is 24.3 Å². The molecule has 3 N–H and O–H groups in total. The molecule has 0 heterocycles. The van der Waals surface area contributed by atoms with Crippen LogP contribution < -0.4 is 4.74 Å². The number of benzene rings is 1. The molecule has 0 fully saturated rings. The standard InChI is InChI=1S/C11H15NO7/c13-9-1-3-10(4-2-9)19-11(14)5-6-17-7-8-18-12(15)16/h1-4,13,15-16H,5-8H2. The summed E-state index contributed by atoms with van der Waals surface area (Å²) < 4.78 is 9.96. The van der Waals surface area contributed by atoms with Crippen LogP contribution in [0.3, 0.4) is 0 Å². The predicted octanol–water partition coefficient (Wildman–Crippen LogP) is 0.716. The lowest BCUT2D eigenvalue weighted by Crippen LogP contribution is -2.18. The molecule has 1 aromatic carbocycles. The number of phenols is 1. The second-order valence-corrected chi connectivity index (χ2v) is 3.42. The van der Waals surface area contributed by atoms with Crippen LogP contribution in [0.1, 0.15) is 6.42 Å². The lowest BCUT2D eigenvalue weighted by molar-refractivity contribution is -0.493. The first-order valence-corrected chi connectivity index (χ1v) is 5.46. The summed E-state index contributed by atoms with van der Waals surface area (Å²) in [4.78, 5) is 15.6. The average Bonchev–Trinajstić information content (AvgIpc) is 2.36. The van der Waals surface area contributed by atoms with E-state index in [0.29, 0.717) is 5.75 Å². The molecule has 0 atom stereocenters. The van der Waals surface area contributed by atoms with Crippen LogP contribution >= 0.6 is 0 Å². The van der Waals surface area contributed by atoms with E-state index >= 15 is 0 Å². The number of phenolic OH excluding ortho intramolecular Hbond substituents is 1. The topological polar surface area (TPSA) is 109 Å². The highest BCUT2D eigenvalue weighted by Gasteiger charge is 2.05. The zero-order valence-electron chi connectivity index (χ0n) is 10.1. The third-order valence-electron chi connectivity index (χ3n) is 1.95. The van der Waals surface area contributed by atoms with E-state index < -0.39 is 11.4 Å². The Morgan fingerprint density at radius 1 is 1.11 bits per heavy atom. The summed E-state index contributed by atoms with van der Waals surface area (Å²) in [5.41, 5.74) is 0. The van der Waals surface area contributed by atoms with Gasteiger partial charge in [0.25, 0.3) is 0 Å². The lowest BCUT2D eigenvalue weighted by atomic mass is 10.3. The number of carbonyl (C=O) groups is 1. The van der Waals surface area contributed by atoms with Crippen LogP contribution in [0.15, 0.2) is 24.3 Å². The Kier molecular flexibility index (Phi) is 6.79. The van der Waals surface area contributed by atoms with Gasteiger partial charge >= 0.3 is 5.97 Å². The van der Waals surface area contributed by atoms with Crippen molar-refractivity contribution < 1.29 is 34.6 Å². The average molecular weight is 273 g/mol. The van der Waals surface area contributed by atoms with Gasteiger partial charge in [-0.05, 0) is 24.3 Å². The van der Waals surface area contributed by atoms with Crippen LogP contribution in [0, 0.1) is 0 Å². The molecule has 1 rings (SSSR count). The van der Waals surface area contributed by atoms with Gasteiger partial charge in [0.05, 0.1) is 31.6 Å². The van der Waals surface area contributed by atoms with E-state index in [1.807, 2.05) is 0 Å². The van der Waals surface area contributed by atoms with E-state index in [-0.39, 0.29) is 32.0 Å². The molecule has 0 aliphatic heterocycles. The Morgan fingerprint density at radius 3 is 2.42 bits per heavy atom. The van der Waals surface area contributed by atoms with Crippen LogP contribution in [0.4, 0.5) is 0 Å². The third-order valence-corrected chi connectivity index (χ3v) is 1.95. The minimum atomic E-state index is -0.474. The fourth-order valence-corrected chi connectivity index (χ4v) is 1.13. The Morgan fingerprint density at radius 2 is 1.79 bits per heavy atom. The maximum absolute atomic E-state index is 11.4. The normalized spacial score (nSPS) is 10.7. The molecule has 8 nitrogen and oxygen atoms in total. The predicted molar refractivity (Wildman–Crippen MR) is 60.5 cm³/mol. The number of ether oxygens (including phenoxy) is 2. The zero-order chi connectivity index (χ0) is 14.1. The highest BCUT2D eigenvalue weighted by Crippen LogP contribution is 2.16. The van der Waals surface area contributed by atoms with Crippen molar-refractivity contribution in [1.82, 2.24) is 5.39 Å². The van der Waals surface area contributed by atoms with Crippen molar-refractivity contribution in [2.45, 2.75) is 6.42 Å². The summed E-state index contributed by atoms with van der Waals surface area (Å²) in [6.45, 7) is 0.168. The monoisotopic (exact) mass is 273 g/mol. The molecular weight excluding hydrogens is 258 g/mol. The van der Waals surface area contributed by atoms with Gasteiger partial charge in [-0.3, -0.25) is 15.2 Å². The SMILES string of the molecule is O=C(CCOCCON(O)O)Oc1ccc(O)cc1. The first-order chi connectivity index (χ1) is 9.08. The number of aromatic hydroxyl groups is 1. The number of esters is 1. The van der Waals surface area contributed by atoms with Crippen molar-refractivity contribution in [3.05, 3.63) is 24.3 Å². The Balaban J connectivity index is 2.09. The second-order valence-electron chi connectivity index (χ2n) is 3.42. The maximum Gasteiger partial charge on any atom is 0.313 e. The summed E-state index contributed by atoms with van der Waals surface area (Å²) in [6.07, 6.45) is 0.0445. The molecule has 0 aliphatic rings. The molecule has 0 unspecified atom stereocenters. The Hall–Kier alpha value is -1.71. The molecule has 1 aromatic rings. The molecule has 0 saturated carbocycles. The highest BCUT2D eigenvalue weighted by molar-refractivity contribution is 5.72. The van der Waals surface area contributed by atoms with E-state index in [4.69, 9.17) is 25.0 Å². The largest absolute Gasteiger partial charge is 0.508 e. The van der Waals surface area contributed by atoms with Gasteiger partial charge in [0.15, 0.2) is 0 Å². The number of nitrogens with zero attached hydrogens (tertiary/aromatic N) is 1.